The van der Waals surface area contributed by atoms with E-state index in [0.717, 1.165) is 15.3 Å². The van der Waals surface area contributed by atoms with Gasteiger partial charge in [-0.15, -0.1) is 11.3 Å². The Morgan fingerprint density at radius 1 is 1.36 bits per heavy atom. The molecular weight excluding hydrogens is 574 g/mol. The molecule has 0 aliphatic heterocycles. The highest BCUT2D eigenvalue weighted by atomic mass is 127. The number of fused-ring (bicyclic) bond motifs is 1. The first-order valence-electron chi connectivity index (χ1n) is 9.42. The van der Waals surface area contributed by atoms with Gasteiger partial charge in [0, 0.05) is 30.1 Å². The molecule has 0 spiro atoms. The van der Waals surface area contributed by atoms with Crippen molar-refractivity contribution in [3.8, 4) is 11.3 Å². The summed E-state index contributed by atoms with van der Waals surface area (Å²) in [5.74, 6) is -1.24. The van der Waals surface area contributed by atoms with Crippen LogP contribution in [0, 0.1) is 10.5 Å². The summed E-state index contributed by atoms with van der Waals surface area (Å²) in [5.41, 5.74) is 5.18. The van der Waals surface area contributed by atoms with E-state index in [9.17, 15) is 22.8 Å². The number of carbonyl (C=O) groups is 2. The van der Waals surface area contributed by atoms with Gasteiger partial charge in [-0.25, -0.2) is 4.98 Å². The number of thiophene rings is 1. The Morgan fingerprint density at radius 3 is 2.70 bits per heavy atom. The van der Waals surface area contributed by atoms with E-state index in [1.165, 1.54) is 18.4 Å². The first-order chi connectivity index (χ1) is 15.5. The number of furan rings is 1. The van der Waals surface area contributed by atoms with Crippen molar-refractivity contribution in [1.29, 1.82) is 0 Å². The monoisotopic (exact) mass is 589 g/mol. The number of hydrogen-bond donors (Lipinski definition) is 2. The minimum absolute atomic E-state index is 0.00588. The molecule has 4 rings (SSSR count). The lowest BCUT2D eigenvalue weighted by Crippen LogP contribution is -2.18. The maximum Gasteiger partial charge on any atom is 0.433 e. The van der Waals surface area contributed by atoms with E-state index >= 15 is 0 Å². The van der Waals surface area contributed by atoms with Gasteiger partial charge in [-0.3, -0.25) is 14.3 Å². The standard InChI is InChI=1S/C20H15F3IN5O3S/c1-9-11(24)8-29(28-9)5-4-14(30)27-16-15-10(12-3-2-6-32-12)7-13(20(21,22)23)26-19(15)33-17(16)18(25)31/h2-3,6-8H,4-5H2,1H3,(H2,25,31)(H,27,30). The van der Waals surface area contributed by atoms with Gasteiger partial charge in [-0.05, 0) is 47.7 Å². The molecule has 4 heterocycles. The van der Waals surface area contributed by atoms with Gasteiger partial charge >= 0.3 is 6.18 Å². The fourth-order valence-corrected chi connectivity index (χ4v) is 4.63. The lowest BCUT2D eigenvalue weighted by molar-refractivity contribution is -0.140. The number of pyridine rings is 1. The first kappa shape index (κ1) is 23.2. The third kappa shape index (κ3) is 4.73. The summed E-state index contributed by atoms with van der Waals surface area (Å²) < 4.78 is 48.2. The van der Waals surface area contributed by atoms with Crippen molar-refractivity contribution in [1.82, 2.24) is 14.8 Å². The summed E-state index contributed by atoms with van der Waals surface area (Å²) in [4.78, 5) is 28.2. The maximum atomic E-state index is 13.4. The molecule has 0 saturated heterocycles. The van der Waals surface area contributed by atoms with Crippen molar-refractivity contribution in [3.63, 3.8) is 0 Å². The van der Waals surface area contributed by atoms with Crippen LogP contribution < -0.4 is 11.1 Å². The Kier molecular flexibility index (Phi) is 6.18. The number of aromatic nitrogens is 3. The molecule has 8 nitrogen and oxygen atoms in total. The molecule has 0 aliphatic carbocycles. The quantitative estimate of drug-likeness (QED) is 0.313. The number of nitrogens with two attached hydrogens (primary N) is 1. The van der Waals surface area contributed by atoms with Gasteiger partial charge in [0.15, 0.2) is 0 Å². The number of primary amides is 1. The number of alkyl halides is 3. The maximum absolute atomic E-state index is 13.4. The lowest BCUT2D eigenvalue weighted by atomic mass is 10.1. The molecule has 33 heavy (non-hydrogen) atoms. The topological polar surface area (TPSA) is 116 Å². The van der Waals surface area contributed by atoms with Crippen LogP contribution in [0.1, 0.15) is 27.5 Å². The molecule has 0 aliphatic rings. The van der Waals surface area contributed by atoms with E-state index in [2.05, 4.69) is 38.0 Å². The molecule has 13 heteroatoms. The Morgan fingerprint density at radius 2 is 2.12 bits per heavy atom. The number of amides is 2. The molecule has 0 aromatic carbocycles. The minimum Gasteiger partial charge on any atom is -0.464 e. The summed E-state index contributed by atoms with van der Waals surface area (Å²) in [6, 6.07) is 3.81. The molecule has 0 unspecified atom stereocenters. The minimum atomic E-state index is -4.73. The lowest BCUT2D eigenvalue weighted by Gasteiger charge is -2.11. The Balaban J connectivity index is 1.77. The smallest absolute Gasteiger partial charge is 0.433 e. The normalized spacial score (nSPS) is 11.8. The molecular formula is C20H15F3IN5O3S. The fourth-order valence-electron chi connectivity index (χ4n) is 3.19. The van der Waals surface area contributed by atoms with Crippen molar-refractivity contribution in [3.05, 3.63) is 50.5 Å². The molecule has 0 atom stereocenters. The van der Waals surface area contributed by atoms with Gasteiger partial charge in [0.1, 0.15) is 21.2 Å². The van der Waals surface area contributed by atoms with Crippen molar-refractivity contribution >= 4 is 61.6 Å². The van der Waals surface area contributed by atoms with Gasteiger partial charge in [0.2, 0.25) is 5.91 Å². The van der Waals surface area contributed by atoms with Crippen LogP contribution in [0.15, 0.2) is 35.1 Å². The van der Waals surface area contributed by atoms with E-state index < -0.39 is 23.7 Å². The molecule has 0 bridgehead atoms. The zero-order valence-electron chi connectivity index (χ0n) is 16.9. The van der Waals surface area contributed by atoms with E-state index in [1.54, 1.807) is 10.9 Å². The third-order valence-electron chi connectivity index (χ3n) is 4.68. The second-order valence-electron chi connectivity index (χ2n) is 7.00. The average molecular weight is 589 g/mol. The Hall–Kier alpha value is -2.94. The van der Waals surface area contributed by atoms with Gasteiger partial charge < -0.3 is 15.5 Å². The number of aryl methyl sites for hydroxylation is 2. The molecule has 4 aromatic heterocycles. The van der Waals surface area contributed by atoms with Gasteiger partial charge in [0.25, 0.3) is 5.91 Å². The van der Waals surface area contributed by atoms with Crippen LogP contribution in [0.3, 0.4) is 0 Å². The summed E-state index contributed by atoms with van der Waals surface area (Å²) in [5, 5.41) is 7.06. The predicted molar refractivity (Wildman–Crippen MR) is 124 cm³/mol. The van der Waals surface area contributed by atoms with E-state index in [4.69, 9.17) is 10.2 Å². The molecule has 2 amide bonds. The molecule has 172 valence electrons. The molecule has 3 N–H and O–H groups in total. The van der Waals surface area contributed by atoms with E-state index in [-0.39, 0.29) is 45.1 Å². The largest absolute Gasteiger partial charge is 0.464 e. The molecule has 4 aromatic rings. The molecule has 0 radical (unpaired) electrons. The highest BCUT2D eigenvalue weighted by molar-refractivity contribution is 14.1. The number of halogens is 4. The van der Waals surface area contributed by atoms with Gasteiger partial charge in [-0.1, -0.05) is 0 Å². The van der Waals surface area contributed by atoms with Crippen molar-refractivity contribution < 1.29 is 27.2 Å². The molecule has 0 saturated carbocycles. The fraction of sp³-hybridized carbons (Fsp3) is 0.200. The van der Waals surface area contributed by atoms with Crippen LogP contribution in [0.25, 0.3) is 21.5 Å². The predicted octanol–water partition coefficient (Wildman–Crippen LogP) is 4.81. The summed E-state index contributed by atoms with van der Waals surface area (Å²) in [6.07, 6.45) is -1.62. The Bertz CT molecular complexity index is 1340. The SMILES string of the molecule is Cc1nn(CCC(=O)Nc2c(C(N)=O)sc3nc(C(F)(F)F)cc(-c4ccco4)c23)cc1I. The second-order valence-corrected chi connectivity index (χ2v) is 9.17. The van der Waals surface area contributed by atoms with Crippen LogP contribution in [-0.2, 0) is 17.5 Å². The Labute approximate surface area is 202 Å². The van der Waals surface area contributed by atoms with Crippen LogP contribution in [0.4, 0.5) is 18.9 Å². The van der Waals surface area contributed by atoms with Crippen molar-refractivity contribution in [2.75, 3.05) is 5.32 Å². The average Bonchev–Trinajstić information content (AvgIpc) is 3.45. The summed E-state index contributed by atoms with van der Waals surface area (Å²) in [6.45, 7) is 2.11. The third-order valence-corrected chi connectivity index (χ3v) is 6.84. The van der Waals surface area contributed by atoms with Crippen LogP contribution >= 0.6 is 33.9 Å². The van der Waals surface area contributed by atoms with E-state index in [1.807, 2.05) is 6.92 Å². The van der Waals surface area contributed by atoms with Crippen LogP contribution in [0.5, 0.6) is 0 Å². The zero-order chi connectivity index (χ0) is 23.9. The number of nitrogens with one attached hydrogen (secondary N) is 1. The number of nitrogens with zero attached hydrogens (tertiary/aromatic N) is 3. The van der Waals surface area contributed by atoms with Crippen LogP contribution in [0.2, 0.25) is 0 Å². The highest BCUT2D eigenvalue weighted by Crippen LogP contribution is 2.43. The van der Waals surface area contributed by atoms with E-state index in [0.29, 0.717) is 11.3 Å². The molecule has 0 fully saturated rings. The zero-order valence-corrected chi connectivity index (χ0v) is 19.8. The summed E-state index contributed by atoms with van der Waals surface area (Å²) in [7, 11) is 0. The number of carbonyl (C=O) groups excluding carboxylic acids is 2. The first-order valence-corrected chi connectivity index (χ1v) is 11.3. The van der Waals surface area contributed by atoms with Crippen molar-refractivity contribution in [2.24, 2.45) is 5.73 Å². The number of anilines is 1. The second kappa shape index (κ2) is 8.78. The summed E-state index contributed by atoms with van der Waals surface area (Å²) >= 11 is 2.80. The van der Waals surface area contributed by atoms with Crippen LogP contribution in [-0.4, -0.2) is 26.6 Å². The highest BCUT2D eigenvalue weighted by Gasteiger charge is 2.35. The number of hydrogen-bond acceptors (Lipinski definition) is 6. The van der Waals surface area contributed by atoms with Crippen molar-refractivity contribution in [2.45, 2.75) is 26.1 Å². The van der Waals surface area contributed by atoms with Gasteiger partial charge in [0.05, 0.1) is 21.2 Å². The number of rotatable bonds is 6. The van der Waals surface area contributed by atoms with Gasteiger partial charge in [-0.2, -0.15) is 18.3 Å².